The molecule has 0 radical (unpaired) electrons. The maximum absolute atomic E-state index is 13.4. The van der Waals surface area contributed by atoms with Gasteiger partial charge >= 0.3 is 37.3 Å². The maximum Gasteiger partial charge on any atom is 0.494 e. The Morgan fingerprint density at radius 1 is 0.454 bits per heavy atom. The van der Waals surface area contributed by atoms with E-state index in [1.165, 1.54) is 44.4 Å². The predicted molar refractivity (Wildman–Crippen MR) is 509 cm³/mol. The number of aromatic carboxylic acids is 1. The fourth-order valence-corrected chi connectivity index (χ4v) is 15.9. The van der Waals surface area contributed by atoms with Crippen molar-refractivity contribution in [2.24, 2.45) is 0 Å². The van der Waals surface area contributed by atoms with Crippen molar-refractivity contribution >= 4 is 98.6 Å². The second kappa shape index (κ2) is 39.4. The minimum atomic E-state index is -1.35. The van der Waals surface area contributed by atoms with Crippen molar-refractivity contribution in [1.29, 1.82) is 0 Å². The van der Waals surface area contributed by atoms with E-state index < -0.39 is 75.4 Å². The number of halogens is 1. The Labute approximate surface area is 759 Å². The van der Waals surface area contributed by atoms with Crippen molar-refractivity contribution < 1.29 is 38.1 Å². The maximum atomic E-state index is 13.4. The number of aromatic nitrogens is 12. The van der Waals surface area contributed by atoms with Gasteiger partial charge in [-0.1, -0.05) is 91.0 Å². The number of carbonyl (C=O) groups excluding carboxylic acids is 2. The number of para-hydroxylation sites is 3. The molecule has 7 aromatic heterocycles. The molecule has 0 atom stereocenters. The first-order valence-corrected chi connectivity index (χ1v) is 43.8. The molecule has 2 amide bonds. The van der Waals surface area contributed by atoms with E-state index in [1.54, 1.807) is 129 Å². The molecule has 4 fully saturated rings. The summed E-state index contributed by atoms with van der Waals surface area (Å²) >= 11 is 3.54. The molecule has 11 N–H and O–H groups in total. The number of hydrogen-bond donors (Lipinski definition) is 8. The van der Waals surface area contributed by atoms with E-state index in [4.69, 9.17) is 40.9 Å². The molecule has 0 spiro atoms. The van der Waals surface area contributed by atoms with Crippen molar-refractivity contribution in [3.05, 3.63) is 302 Å². The molecule has 130 heavy (non-hydrogen) atoms. The van der Waals surface area contributed by atoms with E-state index in [0.29, 0.717) is 51.9 Å². The van der Waals surface area contributed by atoms with E-state index in [2.05, 4.69) is 69.5 Å². The van der Waals surface area contributed by atoms with Crippen molar-refractivity contribution in [2.75, 3.05) is 54.0 Å². The largest absolute Gasteiger partial charge is 0.494 e. The Morgan fingerprint density at radius 2 is 0.777 bits per heavy atom. The zero-order chi connectivity index (χ0) is 93.6. The summed E-state index contributed by atoms with van der Waals surface area (Å²) in [6.45, 7) is 30.9. The quantitative estimate of drug-likeness (QED) is 0.0329. The molecule has 0 unspecified atom stereocenters. The molecule has 0 aliphatic carbocycles. The number of anilines is 5. The summed E-state index contributed by atoms with van der Waals surface area (Å²) in [4.78, 5) is 123. The Hall–Kier alpha value is -13.2. The van der Waals surface area contributed by atoms with Crippen LogP contribution in [0.2, 0.25) is 0 Å². The van der Waals surface area contributed by atoms with Crippen molar-refractivity contribution in [2.45, 2.75) is 175 Å². The zero-order valence-electron chi connectivity index (χ0n) is 75.1. The average Bonchev–Trinajstić information content (AvgIpc) is 1.31. The van der Waals surface area contributed by atoms with Gasteiger partial charge in [0.2, 0.25) is 0 Å². The molecule has 6 aromatic carbocycles. The second-order valence-corrected chi connectivity index (χ2v) is 35.8. The van der Waals surface area contributed by atoms with Crippen LogP contribution in [0.3, 0.4) is 0 Å². The van der Waals surface area contributed by atoms with Crippen LogP contribution in [0.15, 0.2) is 240 Å². The monoisotopic (exact) mass is 1830 g/mol. The van der Waals surface area contributed by atoms with Crippen LogP contribution in [0.1, 0.15) is 195 Å². The Kier molecular flexibility index (Phi) is 28.6. The standard InChI is InChI=1S/C31H32N8O3.C26H30BN3O5.C14H14N2O4.C12H18BNO2.C11H14BrN5/c1-19(2)37-17-25(30(41)38(31(37)42)23-6-4-3-5-7-23)29(40)36-22-10-8-20(9-11-22)24-16-26(21-12-14-33-15-13-21)39-27(24)28(32)34-18-35-39;1-17(2)29-16-21(23(32)30(24(29)33)20-10-8-7-9-11-20)22(31)28-19-14-12-18(13-15-19)27-34-25(3,4)26(5,6)35-27;1-9(2)15-8-11(13(18)19)12(17)16(14(15)20)10-6-4-3-5-7-10;1-11(2)12(3,4)16-13(15-11)9-5-7-10(14)8-6-9;12-8-5-9(7-1-3-14-4-2-7)17-10(8)11(13)15-6-16-17/h3-11,16-19,21,33H,12-15H2,1-2H3,(H,36,40)(H2,32,34,35);7-17H,1-6H3,(H,28,31);3-9H,1-2H3,(H,18,19);5-8H,14H2,1-4H3;5-7,14H,1-4H2,(H2,13,15,16). The molecule has 0 bridgehead atoms. The highest BCUT2D eigenvalue weighted by molar-refractivity contribution is 9.10. The lowest BCUT2D eigenvalue weighted by molar-refractivity contribution is 0.00578. The Morgan fingerprint density at radius 3 is 1.14 bits per heavy atom. The van der Waals surface area contributed by atoms with E-state index in [0.717, 1.165) is 121 Å². The van der Waals surface area contributed by atoms with Crippen LogP contribution >= 0.6 is 15.9 Å². The lowest BCUT2D eigenvalue weighted by Crippen LogP contribution is -2.42. The number of nitrogens with two attached hydrogens (primary N) is 3. The van der Waals surface area contributed by atoms with Crippen LogP contribution in [0.5, 0.6) is 0 Å². The zero-order valence-corrected chi connectivity index (χ0v) is 76.6. The first-order chi connectivity index (χ1) is 61.8. The molecule has 36 heteroatoms. The Balaban J connectivity index is 0.000000146. The summed E-state index contributed by atoms with van der Waals surface area (Å²) in [6, 6.07) is 50.9. The number of nitrogens with one attached hydrogen (secondary N) is 4. The highest BCUT2D eigenvalue weighted by atomic mass is 79.9. The second-order valence-electron chi connectivity index (χ2n) is 34.9. The number of nitrogen functional groups attached to an aromatic ring is 3. The first-order valence-electron chi connectivity index (χ1n) is 43.0. The highest BCUT2D eigenvalue weighted by Gasteiger charge is 2.53. The third-order valence-electron chi connectivity index (χ3n) is 24.1. The van der Waals surface area contributed by atoms with Gasteiger partial charge in [0, 0.05) is 87.0 Å². The summed E-state index contributed by atoms with van der Waals surface area (Å²) < 4.78 is 35.7. The molecule has 33 nitrogen and oxygen atoms in total. The van der Waals surface area contributed by atoms with Crippen LogP contribution in [-0.2, 0) is 18.6 Å². The fourth-order valence-electron chi connectivity index (χ4n) is 15.3. The van der Waals surface area contributed by atoms with Gasteiger partial charge < -0.3 is 62.2 Å². The van der Waals surface area contributed by atoms with Crippen molar-refractivity contribution in [3.63, 3.8) is 0 Å². The van der Waals surface area contributed by atoms with Gasteiger partial charge in [0.1, 0.15) is 40.4 Å². The summed E-state index contributed by atoms with van der Waals surface area (Å²) in [5.74, 6) is -0.739. The minimum Gasteiger partial charge on any atom is -0.477 e. The van der Waals surface area contributed by atoms with Gasteiger partial charge in [-0.25, -0.2) is 51.9 Å². The number of rotatable bonds is 16. The number of carbonyl (C=O) groups is 3. The topological polar surface area (TPSA) is 427 Å². The third-order valence-corrected chi connectivity index (χ3v) is 24.7. The van der Waals surface area contributed by atoms with Gasteiger partial charge in [0.15, 0.2) is 11.6 Å². The average molecular weight is 1830 g/mol. The molecule has 17 rings (SSSR count). The van der Waals surface area contributed by atoms with Gasteiger partial charge in [-0.15, -0.1) is 0 Å². The first kappa shape index (κ1) is 94.4. The van der Waals surface area contributed by atoms with E-state index in [-0.39, 0.29) is 47.6 Å². The number of amides is 2. The van der Waals surface area contributed by atoms with Crippen molar-refractivity contribution in [1.82, 2.24) is 67.2 Å². The molecule has 4 aliphatic heterocycles. The molecule has 676 valence electrons. The molecular weight excluding hydrogens is 1720 g/mol. The smallest absolute Gasteiger partial charge is 0.477 e. The number of nitrogens with zero attached hydrogens (tertiary/aromatic N) is 12. The number of carboxylic acid groups (broad SMARTS) is 1. The lowest BCUT2D eigenvalue weighted by Gasteiger charge is -2.32. The minimum absolute atomic E-state index is 0.128. The lowest BCUT2D eigenvalue weighted by atomic mass is 9.79. The Bertz CT molecular complexity index is 6650. The molecular formula is C94H108B2BrN19O14. The highest BCUT2D eigenvalue weighted by Crippen LogP contribution is 2.40. The van der Waals surface area contributed by atoms with Gasteiger partial charge in [0.25, 0.3) is 28.5 Å². The van der Waals surface area contributed by atoms with Crippen LogP contribution in [0.25, 0.3) is 39.2 Å². The van der Waals surface area contributed by atoms with Crippen LogP contribution in [-0.4, -0.2) is 142 Å². The van der Waals surface area contributed by atoms with Crippen LogP contribution in [0, 0.1) is 0 Å². The number of piperidine rings is 2. The SMILES string of the molecule is CC(C)n1cc(C(=O)Nc2ccc(-c3cc(C4CCNCC4)n4ncnc(N)c34)cc2)c(=O)n(-c2ccccc2)c1=O.CC(C)n1cc(C(=O)Nc2ccc(B3OC(C)(C)C(C)(C)O3)cc2)c(=O)n(-c2ccccc2)c1=O.CC(C)n1cc(C(=O)O)c(=O)n(-c2ccccc2)c1=O.CC1(C)OB(c2ccc(N)cc2)OC1(C)C.Nc1ncnn2c(C3CCNCC3)cc(Br)c12. The number of carboxylic acids is 1. The van der Waals surface area contributed by atoms with E-state index in [1.807, 2.05) is 141 Å². The van der Waals surface area contributed by atoms with E-state index in [9.17, 15) is 43.2 Å². The molecule has 13 aromatic rings. The van der Waals surface area contributed by atoms with Crippen LogP contribution in [0.4, 0.5) is 28.7 Å². The summed E-state index contributed by atoms with van der Waals surface area (Å²) in [5, 5.41) is 30.3. The van der Waals surface area contributed by atoms with E-state index >= 15 is 0 Å². The van der Waals surface area contributed by atoms with Crippen molar-refractivity contribution in [3.8, 4) is 28.2 Å². The number of fused-ring (bicyclic) bond motifs is 2. The molecule has 0 saturated carbocycles. The van der Waals surface area contributed by atoms with Gasteiger partial charge in [-0.2, -0.15) is 10.2 Å². The molecule has 4 saturated heterocycles. The predicted octanol–water partition coefficient (Wildman–Crippen LogP) is 11.1. The summed E-state index contributed by atoms with van der Waals surface area (Å²) in [5.41, 5.74) is 22.4. The number of benzene rings is 6. The summed E-state index contributed by atoms with van der Waals surface area (Å²) in [6.07, 6.45) is 11.0. The fraction of sp³-hybridized carbons (Fsp3) is 0.330. The van der Waals surface area contributed by atoms with Gasteiger partial charge in [-0.05, 0) is 266 Å². The molecule has 4 aliphatic rings. The van der Waals surface area contributed by atoms with Crippen LogP contribution < -0.4 is 83.1 Å². The normalized spacial score (nSPS) is 15.7. The number of hydrogen-bond acceptors (Lipinski definition) is 22. The van der Waals surface area contributed by atoms with Gasteiger partial charge in [0.05, 0.1) is 39.5 Å². The van der Waals surface area contributed by atoms with Gasteiger partial charge in [-0.3, -0.25) is 37.7 Å². The summed E-state index contributed by atoms with van der Waals surface area (Å²) in [7, 11) is -0.817. The third kappa shape index (κ3) is 20.3. The molecule has 11 heterocycles.